The van der Waals surface area contributed by atoms with Gasteiger partial charge in [-0.3, -0.25) is 4.79 Å². The first-order chi connectivity index (χ1) is 13.2. The molecular formula is C19H18N2O3S3. The predicted octanol–water partition coefficient (Wildman–Crippen LogP) is 4.82. The van der Waals surface area contributed by atoms with E-state index in [1.807, 2.05) is 18.2 Å². The Morgan fingerprint density at radius 2 is 1.67 bits per heavy atom. The van der Waals surface area contributed by atoms with Crippen molar-refractivity contribution in [2.24, 2.45) is 0 Å². The zero-order valence-corrected chi connectivity index (χ0v) is 17.3. The van der Waals surface area contributed by atoms with Crippen molar-refractivity contribution in [3.05, 3.63) is 59.7 Å². The van der Waals surface area contributed by atoms with Gasteiger partial charge in [0.2, 0.25) is 0 Å². The van der Waals surface area contributed by atoms with Crippen LogP contribution in [0.5, 0.6) is 11.5 Å². The zero-order valence-electron chi connectivity index (χ0n) is 14.9. The number of rotatable bonds is 9. The highest BCUT2D eigenvalue weighted by molar-refractivity contribution is 8.03. The van der Waals surface area contributed by atoms with Crippen LogP contribution in [0.3, 0.4) is 0 Å². The van der Waals surface area contributed by atoms with E-state index in [1.165, 1.54) is 28.7 Å². The molecule has 0 saturated carbocycles. The minimum atomic E-state index is 0.00893. The number of thioether (sulfide) groups is 2. The lowest BCUT2D eigenvalue weighted by Gasteiger charge is -2.08. The van der Waals surface area contributed by atoms with Crippen LogP contribution in [0.25, 0.3) is 0 Å². The smallest absolute Gasteiger partial charge is 0.175 e. The Morgan fingerprint density at radius 3 is 2.37 bits per heavy atom. The quantitative estimate of drug-likeness (QED) is 0.364. The van der Waals surface area contributed by atoms with Gasteiger partial charge in [-0.05, 0) is 23.8 Å². The van der Waals surface area contributed by atoms with Gasteiger partial charge in [0, 0.05) is 11.3 Å². The summed E-state index contributed by atoms with van der Waals surface area (Å²) < 4.78 is 12.1. The Labute approximate surface area is 170 Å². The van der Waals surface area contributed by atoms with Crippen LogP contribution >= 0.6 is 34.9 Å². The Hall–Kier alpha value is -2.03. The van der Waals surface area contributed by atoms with E-state index in [0.717, 1.165) is 14.4 Å². The normalized spacial score (nSPS) is 10.6. The Kier molecular flexibility index (Phi) is 7.14. The van der Waals surface area contributed by atoms with Crippen LogP contribution in [-0.2, 0) is 5.75 Å². The van der Waals surface area contributed by atoms with Crippen LogP contribution in [0.15, 0.2) is 57.2 Å². The average molecular weight is 419 g/mol. The van der Waals surface area contributed by atoms with Crippen LogP contribution in [0.2, 0.25) is 0 Å². The third-order valence-corrected chi connectivity index (χ3v) is 6.89. The molecule has 27 heavy (non-hydrogen) atoms. The highest BCUT2D eigenvalue weighted by atomic mass is 32.2. The van der Waals surface area contributed by atoms with E-state index < -0.39 is 0 Å². The van der Waals surface area contributed by atoms with Crippen molar-refractivity contribution in [1.82, 2.24) is 10.2 Å². The number of ketones is 1. The van der Waals surface area contributed by atoms with Gasteiger partial charge in [-0.2, -0.15) is 0 Å². The largest absolute Gasteiger partial charge is 0.493 e. The van der Waals surface area contributed by atoms with Gasteiger partial charge in [0.25, 0.3) is 0 Å². The lowest BCUT2D eigenvalue weighted by atomic mass is 10.1. The van der Waals surface area contributed by atoms with Crippen LogP contribution < -0.4 is 9.47 Å². The number of nitrogens with zero attached hydrogens (tertiary/aromatic N) is 2. The molecule has 2 aromatic carbocycles. The van der Waals surface area contributed by atoms with Crippen LogP contribution in [0, 0.1) is 0 Å². The maximum Gasteiger partial charge on any atom is 0.175 e. The van der Waals surface area contributed by atoms with Gasteiger partial charge < -0.3 is 9.47 Å². The first-order valence-corrected chi connectivity index (χ1v) is 10.9. The fourth-order valence-corrected chi connectivity index (χ4v) is 5.12. The molecule has 0 bridgehead atoms. The second kappa shape index (κ2) is 9.77. The molecule has 0 N–H and O–H groups in total. The number of aromatic nitrogens is 2. The number of methoxy groups -OCH3 is 2. The molecule has 0 spiro atoms. The minimum absolute atomic E-state index is 0.00893. The van der Waals surface area contributed by atoms with E-state index in [4.69, 9.17) is 9.47 Å². The second-order valence-corrected chi connectivity index (χ2v) is 8.81. The van der Waals surface area contributed by atoms with Gasteiger partial charge >= 0.3 is 0 Å². The molecule has 0 aliphatic rings. The molecular weight excluding hydrogens is 400 g/mol. The number of Topliss-reactive ketones (excluding diaryl/α,β-unsaturated/α-hetero) is 1. The molecule has 0 saturated heterocycles. The van der Waals surface area contributed by atoms with Crippen molar-refractivity contribution in [2.75, 3.05) is 20.0 Å². The molecule has 0 radical (unpaired) electrons. The fraction of sp³-hybridized carbons (Fsp3) is 0.211. The number of ether oxygens (including phenoxy) is 2. The van der Waals surface area contributed by atoms with Gasteiger partial charge in [0.15, 0.2) is 26.0 Å². The molecule has 1 heterocycles. The van der Waals surface area contributed by atoms with Crippen molar-refractivity contribution in [1.29, 1.82) is 0 Å². The lowest BCUT2D eigenvalue weighted by molar-refractivity contribution is 0.102. The molecule has 0 aliphatic heterocycles. The Morgan fingerprint density at radius 1 is 0.963 bits per heavy atom. The minimum Gasteiger partial charge on any atom is -0.493 e. The Bertz CT molecular complexity index is 900. The number of benzene rings is 2. The van der Waals surface area contributed by atoms with Gasteiger partial charge in [0.1, 0.15) is 0 Å². The van der Waals surface area contributed by atoms with Gasteiger partial charge in [0.05, 0.1) is 20.0 Å². The predicted molar refractivity (Wildman–Crippen MR) is 111 cm³/mol. The second-order valence-electron chi connectivity index (χ2n) is 5.39. The molecule has 0 aliphatic carbocycles. The summed E-state index contributed by atoms with van der Waals surface area (Å²) in [5.41, 5.74) is 1.83. The van der Waals surface area contributed by atoms with Crippen molar-refractivity contribution >= 4 is 40.6 Å². The van der Waals surface area contributed by atoms with Crippen LogP contribution in [0.4, 0.5) is 0 Å². The molecule has 0 amide bonds. The van der Waals surface area contributed by atoms with E-state index in [2.05, 4.69) is 22.3 Å². The molecule has 8 heteroatoms. The number of hydrogen-bond donors (Lipinski definition) is 0. The molecule has 0 fully saturated rings. The van der Waals surface area contributed by atoms with Gasteiger partial charge in [-0.25, -0.2) is 0 Å². The zero-order chi connectivity index (χ0) is 19.1. The Balaban J connectivity index is 1.54. The summed E-state index contributed by atoms with van der Waals surface area (Å²) in [6.45, 7) is 0. The lowest BCUT2D eigenvalue weighted by Crippen LogP contribution is -2.03. The van der Waals surface area contributed by atoms with Crippen molar-refractivity contribution < 1.29 is 14.3 Å². The summed E-state index contributed by atoms with van der Waals surface area (Å²) in [4.78, 5) is 12.4. The SMILES string of the molecule is COc1ccc(C(=O)CSc2nnc(SCc3ccccc3)s2)cc1OC. The number of carbonyl (C=O) groups is 1. The molecule has 0 atom stereocenters. The summed E-state index contributed by atoms with van der Waals surface area (Å²) in [7, 11) is 3.12. The van der Waals surface area contributed by atoms with E-state index in [1.54, 1.807) is 44.2 Å². The third-order valence-electron chi connectivity index (χ3n) is 3.63. The van der Waals surface area contributed by atoms with E-state index in [9.17, 15) is 4.79 Å². The molecule has 3 aromatic rings. The number of carbonyl (C=O) groups excluding carboxylic acids is 1. The first-order valence-electron chi connectivity index (χ1n) is 8.08. The first kappa shape index (κ1) is 19.7. The molecule has 140 valence electrons. The molecule has 3 rings (SSSR count). The molecule has 5 nitrogen and oxygen atoms in total. The maximum absolute atomic E-state index is 12.4. The van der Waals surface area contributed by atoms with Crippen LogP contribution in [-0.4, -0.2) is 36.0 Å². The van der Waals surface area contributed by atoms with E-state index >= 15 is 0 Å². The van der Waals surface area contributed by atoms with Gasteiger partial charge in [-0.15, -0.1) is 10.2 Å². The molecule has 0 unspecified atom stereocenters. The number of hydrogen-bond acceptors (Lipinski definition) is 8. The summed E-state index contributed by atoms with van der Waals surface area (Å²) >= 11 is 4.56. The third kappa shape index (κ3) is 5.47. The standard InChI is InChI=1S/C19H18N2O3S3/c1-23-16-9-8-14(10-17(16)24-2)15(22)12-26-19-21-20-18(27-19)25-11-13-6-4-3-5-7-13/h3-10H,11-12H2,1-2H3. The summed E-state index contributed by atoms with van der Waals surface area (Å²) in [6.07, 6.45) is 0. The monoisotopic (exact) mass is 418 g/mol. The van der Waals surface area contributed by atoms with Crippen molar-refractivity contribution in [2.45, 2.75) is 14.4 Å². The summed E-state index contributed by atoms with van der Waals surface area (Å²) in [6, 6.07) is 15.4. The van der Waals surface area contributed by atoms with Crippen molar-refractivity contribution in [3.8, 4) is 11.5 Å². The van der Waals surface area contributed by atoms with E-state index in [-0.39, 0.29) is 5.78 Å². The summed E-state index contributed by atoms with van der Waals surface area (Å²) in [5.74, 6) is 2.31. The average Bonchev–Trinajstić information content (AvgIpc) is 3.18. The summed E-state index contributed by atoms with van der Waals surface area (Å²) in [5, 5.41) is 8.36. The maximum atomic E-state index is 12.4. The van der Waals surface area contributed by atoms with Gasteiger partial charge in [-0.1, -0.05) is 65.2 Å². The fourth-order valence-electron chi connectivity index (χ4n) is 2.25. The topological polar surface area (TPSA) is 61.3 Å². The van der Waals surface area contributed by atoms with Crippen LogP contribution in [0.1, 0.15) is 15.9 Å². The molecule has 1 aromatic heterocycles. The van der Waals surface area contributed by atoms with Crippen molar-refractivity contribution in [3.63, 3.8) is 0 Å². The van der Waals surface area contributed by atoms with E-state index in [0.29, 0.717) is 22.8 Å². The highest BCUT2D eigenvalue weighted by Gasteiger charge is 2.13. The highest BCUT2D eigenvalue weighted by Crippen LogP contribution is 2.32.